The lowest BCUT2D eigenvalue weighted by Gasteiger charge is -2.29. The Bertz CT molecular complexity index is 403. The molecule has 0 fully saturated rings. The van der Waals surface area contributed by atoms with Gasteiger partial charge in [0.2, 0.25) is 0 Å². The Hall–Kier alpha value is -0.180. The van der Waals surface area contributed by atoms with Crippen molar-refractivity contribution in [3.63, 3.8) is 0 Å². The molecule has 1 aromatic carbocycles. The molecular weight excluding hydrogens is 322 g/mol. The fourth-order valence-corrected chi connectivity index (χ4v) is 4.00. The Labute approximate surface area is 153 Å². The number of benzene rings is 1. The summed E-state index contributed by atoms with van der Waals surface area (Å²) in [4.78, 5) is 0. The van der Waals surface area contributed by atoms with Crippen molar-refractivity contribution in [1.29, 1.82) is 0 Å². The number of nitrogens with zero attached hydrogens (tertiary/aromatic N) is 1. The van der Waals surface area contributed by atoms with E-state index in [0.29, 0.717) is 0 Å². The topological polar surface area (TPSA) is 0 Å². The van der Waals surface area contributed by atoms with Crippen LogP contribution in [-0.2, 0) is 5.75 Å². The monoisotopic (exact) mass is 356 g/mol. The average molecular weight is 357 g/mol. The van der Waals surface area contributed by atoms with Crippen LogP contribution in [0, 0.1) is 0 Å². The first kappa shape index (κ1) is 20.9. The first-order valence-electron chi connectivity index (χ1n) is 9.18. The van der Waals surface area contributed by atoms with E-state index >= 15 is 0 Å². The quantitative estimate of drug-likeness (QED) is 0.214. The number of rotatable bonds is 13. The molecule has 0 radical (unpaired) electrons. The maximum atomic E-state index is 5.93. The summed E-state index contributed by atoms with van der Waals surface area (Å²) in [5.74, 6) is 2.26. The van der Waals surface area contributed by atoms with Gasteiger partial charge in [0.05, 0.1) is 20.6 Å². The molecule has 0 aromatic heterocycles. The molecule has 0 heterocycles. The fraction of sp³-hybridized carbons (Fsp3) is 0.700. The number of unbranched alkanes of at least 4 members (excludes halogenated alkanes) is 7. The number of hydrogen-bond acceptors (Lipinski definition) is 1. The minimum Gasteiger partial charge on any atom is -0.320 e. The van der Waals surface area contributed by atoms with Crippen LogP contribution in [0.4, 0.5) is 0 Å². The Balaban J connectivity index is 2.05. The van der Waals surface area contributed by atoms with Gasteiger partial charge in [0.1, 0.15) is 5.88 Å². The van der Waals surface area contributed by atoms with Gasteiger partial charge < -0.3 is 4.48 Å². The lowest BCUT2D eigenvalue weighted by atomic mass is 10.1. The van der Waals surface area contributed by atoms with E-state index in [2.05, 4.69) is 33.2 Å². The van der Waals surface area contributed by atoms with Crippen molar-refractivity contribution in [3.8, 4) is 0 Å². The second-order valence-corrected chi connectivity index (χ2v) is 8.63. The van der Waals surface area contributed by atoms with Crippen molar-refractivity contribution in [1.82, 2.24) is 0 Å². The fourth-order valence-electron chi connectivity index (χ4n) is 2.73. The summed E-state index contributed by atoms with van der Waals surface area (Å²) < 4.78 is 1.12. The summed E-state index contributed by atoms with van der Waals surface area (Å²) in [6, 6.07) is 8.23. The maximum absolute atomic E-state index is 5.93. The largest absolute Gasteiger partial charge is 0.320 e. The van der Waals surface area contributed by atoms with E-state index < -0.39 is 0 Å². The minimum atomic E-state index is 0.824. The Morgan fingerprint density at radius 2 is 1.43 bits per heavy atom. The van der Waals surface area contributed by atoms with Gasteiger partial charge in [-0.15, -0.1) is 0 Å². The zero-order valence-corrected chi connectivity index (χ0v) is 16.9. The van der Waals surface area contributed by atoms with Crippen molar-refractivity contribution in [2.24, 2.45) is 0 Å². The minimum absolute atomic E-state index is 0.824. The number of hydrogen-bond donors (Lipinski definition) is 0. The van der Waals surface area contributed by atoms with Gasteiger partial charge in [-0.05, 0) is 30.5 Å². The smallest absolute Gasteiger partial charge is 0.125 e. The van der Waals surface area contributed by atoms with Crippen LogP contribution < -0.4 is 0 Å². The highest BCUT2D eigenvalue weighted by Gasteiger charge is 2.14. The molecule has 1 rings (SSSR count). The summed E-state index contributed by atoms with van der Waals surface area (Å²) >= 11 is 7.95. The predicted molar refractivity (Wildman–Crippen MR) is 107 cm³/mol. The molecule has 0 atom stereocenters. The van der Waals surface area contributed by atoms with Gasteiger partial charge in [0.15, 0.2) is 0 Å². The molecule has 0 N–H and O–H groups in total. The van der Waals surface area contributed by atoms with Crippen LogP contribution in [0.25, 0.3) is 0 Å². The first-order chi connectivity index (χ1) is 11.0. The third-order valence-electron chi connectivity index (χ3n) is 4.24. The second kappa shape index (κ2) is 12.2. The molecule has 0 saturated heterocycles. The third-order valence-corrected chi connectivity index (χ3v) is 5.91. The van der Waals surface area contributed by atoms with E-state index in [-0.39, 0.29) is 0 Å². The van der Waals surface area contributed by atoms with E-state index in [1.54, 1.807) is 0 Å². The molecule has 0 aliphatic carbocycles. The molecule has 3 heteroatoms. The van der Waals surface area contributed by atoms with Crippen molar-refractivity contribution < 1.29 is 4.48 Å². The van der Waals surface area contributed by atoms with Gasteiger partial charge in [-0.1, -0.05) is 80.9 Å². The maximum Gasteiger partial charge on any atom is 0.125 e. The van der Waals surface area contributed by atoms with Gasteiger partial charge in [0, 0.05) is 10.8 Å². The molecule has 23 heavy (non-hydrogen) atoms. The van der Waals surface area contributed by atoms with Gasteiger partial charge in [-0.3, -0.25) is 0 Å². The van der Waals surface area contributed by atoms with Crippen LogP contribution in [-0.4, -0.2) is 31.0 Å². The van der Waals surface area contributed by atoms with Crippen molar-refractivity contribution in [2.75, 3.05) is 26.5 Å². The summed E-state index contributed by atoms with van der Waals surface area (Å²) in [6.45, 7) is 3.58. The van der Waals surface area contributed by atoms with Crippen molar-refractivity contribution in [3.05, 3.63) is 34.9 Å². The molecule has 0 bridgehead atoms. The van der Waals surface area contributed by atoms with Crippen LogP contribution in [0.2, 0.25) is 5.02 Å². The highest BCUT2D eigenvalue weighted by molar-refractivity contribution is 7.98. The zero-order valence-electron chi connectivity index (χ0n) is 15.3. The SMILES string of the molecule is CCCCCCCCCC[N+](C)(C)CSCc1ccc(Cl)cc1. The van der Waals surface area contributed by atoms with Crippen LogP contribution in [0.5, 0.6) is 0 Å². The van der Waals surface area contributed by atoms with E-state index in [4.69, 9.17) is 11.6 Å². The molecule has 0 unspecified atom stereocenters. The predicted octanol–water partition coefficient (Wildman–Crippen LogP) is 6.75. The normalized spacial score (nSPS) is 11.8. The molecule has 0 aliphatic heterocycles. The van der Waals surface area contributed by atoms with Gasteiger partial charge >= 0.3 is 0 Å². The summed E-state index contributed by atoms with van der Waals surface area (Å²) in [5, 5.41) is 0.824. The Morgan fingerprint density at radius 1 is 0.870 bits per heavy atom. The summed E-state index contributed by atoms with van der Waals surface area (Å²) in [6.07, 6.45) is 11.2. The molecular formula is C20H35ClNS+. The number of quaternary nitrogens is 1. The molecule has 0 saturated carbocycles. The van der Waals surface area contributed by atoms with E-state index in [0.717, 1.165) is 15.3 Å². The molecule has 0 aliphatic rings. The van der Waals surface area contributed by atoms with Gasteiger partial charge in [-0.25, -0.2) is 0 Å². The first-order valence-corrected chi connectivity index (χ1v) is 10.7. The molecule has 0 spiro atoms. The lowest BCUT2D eigenvalue weighted by molar-refractivity contribution is -0.877. The highest BCUT2D eigenvalue weighted by atomic mass is 35.5. The highest BCUT2D eigenvalue weighted by Crippen LogP contribution is 2.19. The van der Waals surface area contributed by atoms with E-state index in [1.807, 2.05) is 23.9 Å². The van der Waals surface area contributed by atoms with Gasteiger partial charge in [-0.2, -0.15) is 0 Å². The van der Waals surface area contributed by atoms with Gasteiger partial charge in [0.25, 0.3) is 0 Å². The third kappa shape index (κ3) is 11.1. The number of halogens is 1. The summed E-state index contributed by atoms with van der Waals surface area (Å²) in [7, 11) is 4.71. The second-order valence-electron chi connectivity index (χ2n) is 7.24. The van der Waals surface area contributed by atoms with Crippen LogP contribution in [0.3, 0.4) is 0 Å². The van der Waals surface area contributed by atoms with E-state index in [1.165, 1.54) is 69.4 Å². The van der Waals surface area contributed by atoms with Crippen molar-refractivity contribution >= 4 is 23.4 Å². The molecule has 0 amide bonds. The molecule has 1 nitrogen and oxygen atoms in total. The molecule has 1 aromatic rings. The van der Waals surface area contributed by atoms with Crippen molar-refractivity contribution in [2.45, 2.75) is 64.0 Å². The van der Waals surface area contributed by atoms with Crippen LogP contribution in [0.1, 0.15) is 63.9 Å². The van der Waals surface area contributed by atoms with Crippen LogP contribution >= 0.6 is 23.4 Å². The van der Waals surface area contributed by atoms with E-state index in [9.17, 15) is 0 Å². The zero-order chi connectivity index (χ0) is 17.0. The standard InChI is InChI=1S/C20H35ClNS/c1-4-5-6-7-8-9-10-11-16-22(2,3)18-23-17-19-12-14-20(21)15-13-19/h12-15H,4-11,16-18H2,1-3H3/q+1. The summed E-state index contributed by atoms with van der Waals surface area (Å²) in [5.41, 5.74) is 1.37. The lowest BCUT2D eigenvalue weighted by Crippen LogP contribution is -2.39. The average Bonchev–Trinajstić information content (AvgIpc) is 2.52. The number of thioether (sulfide) groups is 1. The Morgan fingerprint density at radius 3 is 2.04 bits per heavy atom. The van der Waals surface area contributed by atoms with Crippen LogP contribution in [0.15, 0.2) is 24.3 Å². The Kier molecular flexibility index (Phi) is 11.1. The molecule has 132 valence electrons.